The molecule has 1 aliphatic rings. The summed E-state index contributed by atoms with van der Waals surface area (Å²) < 4.78 is 25.7. The molecule has 3 N–H and O–H groups in total. The van der Waals surface area contributed by atoms with E-state index in [9.17, 15) is 8.42 Å². The van der Waals surface area contributed by atoms with E-state index in [1.54, 1.807) is 7.05 Å². The highest BCUT2D eigenvalue weighted by molar-refractivity contribution is 7.88. The Labute approximate surface area is 164 Å². The summed E-state index contributed by atoms with van der Waals surface area (Å²) in [6.07, 6.45) is 9.47. The second-order valence-corrected chi connectivity index (χ2v) is 9.21. The Morgan fingerprint density at radius 1 is 1.15 bits per heavy atom. The molecule has 0 saturated heterocycles. The number of aliphatic imine (C=N–C) groups is 1. The molecule has 1 aromatic carbocycles. The number of sulfonamides is 1. The van der Waals surface area contributed by atoms with E-state index in [4.69, 9.17) is 0 Å². The maximum absolute atomic E-state index is 11.7. The van der Waals surface area contributed by atoms with Crippen LogP contribution in [0.15, 0.2) is 29.3 Å². The first-order valence-electron chi connectivity index (χ1n) is 9.96. The molecule has 0 aliphatic heterocycles. The highest BCUT2D eigenvalue weighted by atomic mass is 32.2. The molecule has 0 radical (unpaired) electrons. The van der Waals surface area contributed by atoms with Gasteiger partial charge in [-0.3, -0.25) is 4.99 Å². The molecule has 0 amide bonds. The van der Waals surface area contributed by atoms with Crippen molar-refractivity contribution in [3.05, 3.63) is 35.4 Å². The largest absolute Gasteiger partial charge is 0.356 e. The molecule has 1 aliphatic carbocycles. The van der Waals surface area contributed by atoms with Gasteiger partial charge in [-0.2, -0.15) is 0 Å². The van der Waals surface area contributed by atoms with Gasteiger partial charge in [-0.25, -0.2) is 13.1 Å². The van der Waals surface area contributed by atoms with Gasteiger partial charge in [0, 0.05) is 20.1 Å². The van der Waals surface area contributed by atoms with Crippen LogP contribution >= 0.6 is 0 Å². The zero-order valence-corrected chi connectivity index (χ0v) is 17.4. The molecule has 0 bridgehead atoms. The van der Waals surface area contributed by atoms with E-state index < -0.39 is 10.0 Å². The van der Waals surface area contributed by atoms with Crippen molar-refractivity contribution in [2.75, 3.05) is 20.6 Å². The minimum atomic E-state index is -3.26. The molecule has 7 heteroatoms. The quantitative estimate of drug-likeness (QED) is 0.342. The first-order valence-corrected chi connectivity index (χ1v) is 11.6. The monoisotopic (exact) mass is 394 g/mol. The Morgan fingerprint density at radius 2 is 1.89 bits per heavy atom. The number of nitrogens with one attached hydrogen (secondary N) is 3. The highest BCUT2D eigenvalue weighted by Crippen LogP contribution is 2.26. The van der Waals surface area contributed by atoms with Crippen molar-refractivity contribution < 1.29 is 8.42 Å². The minimum Gasteiger partial charge on any atom is -0.356 e. The summed E-state index contributed by atoms with van der Waals surface area (Å²) in [5.41, 5.74) is 1.81. The summed E-state index contributed by atoms with van der Waals surface area (Å²) in [6.45, 7) is 1.53. The standard InChI is InChI=1S/C20H34N4O2S/c1-21-20(23-13-7-12-17-8-4-3-5-9-17)24-15-18-10-6-11-19(14-18)16-27(25,26)22-2/h6,10-11,14,17,22H,3-5,7-9,12-13,15-16H2,1-2H3,(H2,21,23,24). The van der Waals surface area contributed by atoms with Crippen LogP contribution in [0, 0.1) is 5.92 Å². The predicted octanol–water partition coefficient (Wildman–Crippen LogP) is 2.76. The molecule has 0 unspecified atom stereocenters. The van der Waals surface area contributed by atoms with Crippen LogP contribution in [0.3, 0.4) is 0 Å². The lowest BCUT2D eigenvalue weighted by atomic mass is 9.86. The third-order valence-corrected chi connectivity index (χ3v) is 6.48. The topological polar surface area (TPSA) is 82.6 Å². The van der Waals surface area contributed by atoms with Gasteiger partial charge < -0.3 is 10.6 Å². The SMILES string of the molecule is CN=C(NCCCC1CCCCC1)NCc1cccc(CS(=O)(=O)NC)c1. The fourth-order valence-electron chi connectivity index (χ4n) is 3.60. The van der Waals surface area contributed by atoms with Crippen LogP contribution in [-0.2, 0) is 22.3 Å². The number of nitrogens with zero attached hydrogens (tertiary/aromatic N) is 1. The maximum atomic E-state index is 11.7. The number of guanidine groups is 1. The molecule has 152 valence electrons. The smallest absolute Gasteiger partial charge is 0.215 e. The molecule has 1 saturated carbocycles. The second kappa shape index (κ2) is 11.3. The number of hydrogen-bond acceptors (Lipinski definition) is 3. The van der Waals surface area contributed by atoms with Gasteiger partial charge in [0.25, 0.3) is 0 Å². The average Bonchev–Trinajstić information content (AvgIpc) is 2.68. The van der Waals surface area contributed by atoms with E-state index in [-0.39, 0.29) is 5.75 Å². The molecule has 0 aromatic heterocycles. The van der Waals surface area contributed by atoms with Crippen molar-refractivity contribution in [1.29, 1.82) is 0 Å². The summed E-state index contributed by atoms with van der Waals surface area (Å²) >= 11 is 0. The van der Waals surface area contributed by atoms with Crippen LogP contribution in [0.2, 0.25) is 0 Å². The van der Waals surface area contributed by atoms with Crippen molar-refractivity contribution >= 4 is 16.0 Å². The fourth-order valence-corrected chi connectivity index (χ4v) is 4.36. The molecular formula is C20H34N4O2S. The third-order valence-electron chi connectivity index (χ3n) is 5.15. The molecule has 0 spiro atoms. The zero-order valence-electron chi connectivity index (χ0n) is 16.6. The third kappa shape index (κ3) is 8.30. The van der Waals surface area contributed by atoms with Crippen LogP contribution in [0.4, 0.5) is 0 Å². The molecule has 1 aromatic rings. The lowest BCUT2D eigenvalue weighted by Crippen LogP contribution is -2.37. The molecule has 6 nitrogen and oxygen atoms in total. The highest BCUT2D eigenvalue weighted by Gasteiger charge is 2.12. The van der Waals surface area contributed by atoms with Crippen molar-refractivity contribution in [2.24, 2.45) is 10.9 Å². The Hall–Kier alpha value is -1.60. The second-order valence-electron chi connectivity index (χ2n) is 7.28. The molecule has 1 fully saturated rings. The summed E-state index contributed by atoms with van der Waals surface area (Å²) in [7, 11) is -0.0507. The Morgan fingerprint density at radius 3 is 2.59 bits per heavy atom. The van der Waals surface area contributed by atoms with Crippen LogP contribution in [-0.4, -0.2) is 35.0 Å². The van der Waals surface area contributed by atoms with Gasteiger partial charge in [-0.15, -0.1) is 0 Å². The predicted molar refractivity (Wildman–Crippen MR) is 112 cm³/mol. The van der Waals surface area contributed by atoms with E-state index >= 15 is 0 Å². The van der Waals surface area contributed by atoms with Crippen LogP contribution in [0.5, 0.6) is 0 Å². The van der Waals surface area contributed by atoms with Gasteiger partial charge in [-0.05, 0) is 36.9 Å². The zero-order chi connectivity index (χ0) is 19.5. The lowest BCUT2D eigenvalue weighted by molar-refractivity contribution is 0.332. The molecular weight excluding hydrogens is 360 g/mol. The van der Waals surface area contributed by atoms with Crippen molar-refractivity contribution in [3.63, 3.8) is 0 Å². The van der Waals surface area contributed by atoms with E-state index in [1.807, 2.05) is 24.3 Å². The summed E-state index contributed by atoms with van der Waals surface area (Å²) in [6, 6.07) is 7.62. The van der Waals surface area contributed by atoms with E-state index in [1.165, 1.54) is 52.0 Å². The van der Waals surface area contributed by atoms with E-state index in [0.717, 1.165) is 29.5 Å². The molecule has 0 heterocycles. The average molecular weight is 395 g/mol. The number of benzene rings is 1. The van der Waals surface area contributed by atoms with Gasteiger partial charge in [0.15, 0.2) is 5.96 Å². The van der Waals surface area contributed by atoms with E-state index in [0.29, 0.717) is 6.54 Å². The molecule has 2 rings (SSSR count). The van der Waals surface area contributed by atoms with Crippen molar-refractivity contribution in [1.82, 2.24) is 15.4 Å². The lowest BCUT2D eigenvalue weighted by Gasteiger charge is -2.21. The molecule has 0 atom stereocenters. The van der Waals surface area contributed by atoms with E-state index in [2.05, 4.69) is 20.3 Å². The van der Waals surface area contributed by atoms with Gasteiger partial charge in [0.2, 0.25) is 10.0 Å². The summed E-state index contributed by atoms with van der Waals surface area (Å²) in [5.74, 6) is 1.69. The fraction of sp³-hybridized carbons (Fsp3) is 0.650. The summed E-state index contributed by atoms with van der Waals surface area (Å²) in [4.78, 5) is 4.27. The van der Waals surface area contributed by atoms with Gasteiger partial charge in [0.1, 0.15) is 0 Å². The van der Waals surface area contributed by atoms with Crippen molar-refractivity contribution in [3.8, 4) is 0 Å². The first-order chi connectivity index (χ1) is 13.0. The van der Waals surface area contributed by atoms with Gasteiger partial charge >= 0.3 is 0 Å². The Bertz CT molecular complexity index is 698. The van der Waals surface area contributed by atoms with Crippen LogP contribution in [0.25, 0.3) is 0 Å². The van der Waals surface area contributed by atoms with Gasteiger partial charge in [0.05, 0.1) is 5.75 Å². The Balaban J connectivity index is 1.73. The molecule has 27 heavy (non-hydrogen) atoms. The van der Waals surface area contributed by atoms with Gasteiger partial charge in [-0.1, -0.05) is 56.4 Å². The first kappa shape index (κ1) is 21.7. The number of hydrogen-bond donors (Lipinski definition) is 3. The number of rotatable bonds is 9. The van der Waals surface area contributed by atoms with Crippen LogP contribution in [0.1, 0.15) is 56.1 Å². The summed E-state index contributed by atoms with van der Waals surface area (Å²) in [5, 5.41) is 6.68. The van der Waals surface area contributed by atoms with Crippen molar-refractivity contribution in [2.45, 2.75) is 57.2 Å². The normalized spacial score (nSPS) is 16.3. The van der Waals surface area contributed by atoms with Crippen LogP contribution < -0.4 is 15.4 Å². The minimum absolute atomic E-state index is 0.00845. The Kier molecular flexibility index (Phi) is 9.07. The maximum Gasteiger partial charge on any atom is 0.215 e.